The van der Waals surface area contributed by atoms with Crippen LogP contribution in [-0.2, 0) is 6.18 Å². The van der Waals surface area contributed by atoms with E-state index in [2.05, 4.69) is 17.2 Å². The van der Waals surface area contributed by atoms with Crippen LogP contribution in [0.15, 0.2) is 36.9 Å². The lowest BCUT2D eigenvalue weighted by molar-refractivity contribution is -0.137. The van der Waals surface area contributed by atoms with E-state index in [0.717, 1.165) is 12.1 Å². The van der Waals surface area contributed by atoms with E-state index in [0.29, 0.717) is 0 Å². The van der Waals surface area contributed by atoms with Crippen LogP contribution in [0.3, 0.4) is 0 Å². The molecule has 0 aromatic heterocycles. The second-order valence-electron chi connectivity index (χ2n) is 3.20. The van der Waals surface area contributed by atoms with Crippen molar-refractivity contribution < 1.29 is 18.0 Å². The molecule has 0 aliphatic heterocycles. The number of anilines is 1. The quantitative estimate of drug-likeness (QED) is 0.788. The van der Waals surface area contributed by atoms with Gasteiger partial charge in [-0.15, -0.1) is 6.58 Å². The molecule has 1 aromatic rings. The third-order valence-corrected chi connectivity index (χ3v) is 1.85. The Bertz CT molecular complexity index is 415. The number of hydrogen-bond acceptors (Lipinski definition) is 1. The normalized spacial score (nSPS) is 10.8. The summed E-state index contributed by atoms with van der Waals surface area (Å²) in [7, 11) is 0. The molecule has 0 aliphatic rings. The molecule has 0 saturated heterocycles. The van der Waals surface area contributed by atoms with Crippen molar-refractivity contribution in [1.82, 2.24) is 5.32 Å². The Morgan fingerprint density at radius 3 is 2.71 bits per heavy atom. The van der Waals surface area contributed by atoms with E-state index in [-0.39, 0.29) is 12.2 Å². The molecule has 1 rings (SSSR count). The van der Waals surface area contributed by atoms with Crippen molar-refractivity contribution >= 4 is 11.7 Å². The highest BCUT2D eigenvalue weighted by Crippen LogP contribution is 2.30. The van der Waals surface area contributed by atoms with Crippen molar-refractivity contribution in [3.8, 4) is 0 Å². The standard InChI is InChI=1S/C11H11F3N2O/c1-2-6-15-10(17)16-9-5-3-4-8(7-9)11(12,13)14/h2-5,7H,1,6H2,(H2,15,16,17). The van der Waals surface area contributed by atoms with Crippen molar-refractivity contribution in [3.63, 3.8) is 0 Å². The number of hydrogen-bond donors (Lipinski definition) is 2. The molecule has 0 radical (unpaired) electrons. The van der Waals surface area contributed by atoms with Gasteiger partial charge in [-0.25, -0.2) is 4.79 Å². The molecule has 6 heteroatoms. The van der Waals surface area contributed by atoms with E-state index >= 15 is 0 Å². The van der Waals surface area contributed by atoms with Crippen molar-refractivity contribution in [2.24, 2.45) is 0 Å². The first-order chi connectivity index (χ1) is 7.93. The Balaban J connectivity index is 2.72. The fourth-order valence-corrected chi connectivity index (χ4v) is 1.11. The van der Waals surface area contributed by atoms with Gasteiger partial charge in [0.05, 0.1) is 5.56 Å². The average Bonchev–Trinajstić information content (AvgIpc) is 2.25. The minimum Gasteiger partial charge on any atom is -0.334 e. The maximum absolute atomic E-state index is 12.4. The van der Waals surface area contributed by atoms with Gasteiger partial charge in [0.2, 0.25) is 0 Å². The molecule has 0 heterocycles. The van der Waals surface area contributed by atoms with Gasteiger partial charge in [0.15, 0.2) is 0 Å². The van der Waals surface area contributed by atoms with E-state index in [4.69, 9.17) is 0 Å². The molecule has 1 aromatic carbocycles. The third-order valence-electron chi connectivity index (χ3n) is 1.85. The third kappa shape index (κ3) is 4.18. The molecule has 2 N–H and O–H groups in total. The van der Waals surface area contributed by atoms with Crippen molar-refractivity contribution in [2.45, 2.75) is 6.18 Å². The number of benzene rings is 1. The molecule has 0 unspecified atom stereocenters. The fourth-order valence-electron chi connectivity index (χ4n) is 1.11. The molecule has 3 nitrogen and oxygen atoms in total. The molecule has 92 valence electrons. The Labute approximate surface area is 96.3 Å². The van der Waals surface area contributed by atoms with Crippen LogP contribution in [0.1, 0.15) is 5.56 Å². The van der Waals surface area contributed by atoms with Crippen LogP contribution in [0.25, 0.3) is 0 Å². The lowest BCUT2D eigenvalue weighted by atomic mass is 10.2. The summed E-state index contributed by atoms with van der Waals surface area (Å²) in [5, 5.41) is 4.68. The van der Waals surface area contributed by atoms with Gasteiger partial charge < -0.3 is 10.6 Å². The molecule has 0 fully saturated rings. The van der Waals surface area contributed by atoms with Gasteiger partial charge in [-0.05, 0) is 18.2 Å². The number of rotatable bonds is 3. The maximum Gasteiger partial charge on any atom is 0.416 e. The van der Waals surface area contributed by atoms with Crippen LogP contribution in [0.2, 0.25) is 0 Å². The number of carbonyl (C=O) groups is 1. The van der Waals surface area contributed by atoms with Gasteiger partial charge in [0.1, 0.15) is 0 Å². The highest BCUT2D eigenvalue weighted by atomic mass is 19.4. The van der Waals surface area contributed by atoms with Gasteiger partial charge in [-0.3, -0.25) is 0 Å². The summed E-state index contributed by atoms with van der Waals surface area (Å²) in [4.78, 5) is 11.2. The fraction of sp³-hybridized carbons (Fsp3) is 0.182. The van der Waals surface area contributed by atoms with Crippen LogP contribution in [0.4, 0.5) is 23.7 Å². The Morgan fingerprint density at radius 1 is 1.41 bits per heavy atom. The van der Waals surface area contributed by atoms with Crippen molar-refractivity contribution in [1.29, 1.82) is 0 Å². The summed E-state index contributed by atoms with van der Waals surface area (Å²) < 4.78 is 37.1. The number of halogens is 3. The zero-order valence-electron chi connectivity index (χ0n) is 8.84. The van der Waals surface area contributed by atoms with Crippen molar-refractivity contribution in [2.75, 3.05) is 11.9 Å². The highest BCUT2D eigenvalue weighted by molar-refractivity contribution is 5.89. The van der Waals surface area contributed by atoms with E-state index in [9.17, 15) is 18.0 Å². The van der Waals surface area contributed by atoms with Crippen LogP contribution in [0, 0.1) is 0 Å². The van der Waals surface area contributed by atoms with Crippen molar-refractivity contribution in [3.05, 3.63) is 42.5 Å². The van der Waals surface area contributed by atoms with Crippen LogP contribution < -0.4 is 10.6 Å². The van der Waals surface area contributed by atoms with Crippen LogP contribution >= 0.6 is 0 Å². The number of amides is 2. The topological polar surface area (TPSA) is 41.1 Å². The Hall–Kier alpha value is -1.98. The lowest BCUT2D eigenvalue weighted by Crippen LogP contribution is -2.28. The minimum atomic E-state index is -4.42. The molecule has 0 aliphatic carbocycles. The van der Waals surface area contributed by atoms with Gasteiger partial charge in [0.25, 0.3) is 0 Å². The summed E-state index contributed by atoms with van der Waals surface area (Å²) in [6, 6.07) is 3.83. The van der Waals surface area contributed by atoms with Gasteiger partial charge in [-0.1, -0.05) is 12.1 Å². The summed E-state index contributed by atoms with van der Waals surface area (Å²) in [6.07, 6.45) is -2.96. The van der Waals surface area contributed by atoms with Gasteiger partial charge >= 0.3 is 12.2 Å². The Morgan fingerprint density at radius 2 is 2.12 bits per heavy atom. The molecular formula is C11H11F3N2O. The maximum atomic E-state index is 12.4. The number of urea groups is 1. The molecule has 0 saturated carbocycles. The minimum absolute atomic E-state index is 0.0846. The van der Waals surface area contributed by atoms with Crippen LogP contribution in [-0.4, -0.2) is 12.6 Å². The first-order valence-corrected chi connectivity index (χ1v) is 4.76. The second kappa shape index (κ2) is 5.38. The highest BCUT2D eigenvalue weighted by Gasteiger charge is 2.30. The summed E-state index contributed by atoms with van der Waals surface area (Å²) in [5.74, 6) is 0. The van der Waals surface area contributed by atoms with E-state index < -0.39 is 17.8 Å². The summed E-state index contributed by atoms with van der Waals surface area (Å²) in [6.45, 7) is 3.64. The van der Waals surface area contributed by atoms with E-state index in [1.165, 1.54) is 18.2 Å². The predicted octanol–water partition coefficient (Wildman–Crippen LogP) is 3.01. The monoisotopic (exact) mass is 244 g/mol. The van der Waals surface area contributed by atoms with E-state index in [1.54, 1.807) is 0 Å². The largest absolute Gasteiger partial charge is 0.416 e. The summed E-state index contributed by atoms with van der Waals surface area (Å²) >= 11 is 0. The predicted molar refractivity (Wildman–Crippen MR) is 58.7 cm³/mol. The molecule has 17 heavy (non-hydrogen) atoms. The van der Waals surface area contributed by atoms with Gasteiger partial charge in [-0.2, -0.15) is 13.2 Å². The number of carbonyl (C=O) groups excluding carboxylic acids is 1. The SMILES string of the molecule is C=CCNC(=O)Nc1cccc(C(F)(F)F)c1. The zero-order valence-corrected chi connectivity index (χ0v) is 8.84. The first-order valence-electron chi connectivity index (χ1n) is 4.76. The van der Waals surface area contributed by atoms with Gasteiger partial charge in [0, 0.05) is 12.2 Å². The molecule has 0 atom stereocenters. The molecule has 2 amide bonds. The average molecular weight is 244 g/mol. The van der Waals surface area contributed by atoms with E-state index in [1.807, 2.05) is 0 Å². The second-order valence-corrected chi connectivity index (χ2v) is 3.20. The summed E-state index contributed by atoms with van der Waals surface area (Å²) in [5.41, 5.74) is -0.722. The zero-order chi connectivity index (χ0) is 12.9. The first kappa shape index (κ1) is 13.1. The number of nitrogens with one attached hydrogen (secondary N) is 2. The smallest absolute Gasteiger partial charge is 0.334 e. The van der Waals surface area contributed by atoms with Crippen LogP contribution in [0.5, 0.6) is 0 Å². The molecule has 0 spiro atoms. The number of alkyl halides is 3. The molecule has 0 bridgehead atoms. The Kier molecular flexibility index (Phi) is 4.14. The lowest BCUT2D eigenvalue weighted by Gasteiger charge is -2.10. The molecular weight excluding hydrogens is 233 g/mol.